The molecule has 1 fully saturated rings. The molecule has 1 aromatic rings. The average molecular weight is 281 g/mol. The molecule has 0 aromatic heterocycles. The lowest BCUT2D eigenvalue weighted by atomic mass is 10.1. The van der Waals surface area contributed by atoms with Crippen LogP contribution in [0, 0.1) is 0 Å². The van der Waals surface area contributed by atoms with Crippen molar-refractivity contribution < 1.29 is 8.42 Å². The van der Waals surface area contributed by atoms with Crippen LogP contribution in [0.1, 0.15) is 24.8 Å². The molecule has 0 saturated carbocycles. The molecule has 2 N–H and O–H groups in total. The number of hydrogen-bond donors (Lipinski definition) is 2. The highest BCUT2D eigenvalue weighted by Gasteiger charge is 2.24. The summed E-state index contributed by atoms with van der Waals surface area (Å²) in [4.78, 5) is 0. The van der Waals surface area contributed by atoms with Gasteiger partial charge in [-0.1, -0.05) is 6.42 Å². The van der Waals surface area contributed by atoms with E-state index in [1.165, 1.54) is 5.56 Å². The van der Waals surface area contributed by atoms with Gasteiger partial charge in [-0.2, -0.15) is 12.7 Å². The van der Waals surface area contributed by atoms with Crippen LogP contribution in [-0.2, 0) is 16.6 Å². The molecule has 1 aromatic carbocycles. The van der Waals surface area contributed by atoms with Crippen molar-refractivity contribution in [3.63, 3.8) is 0 Å². The van der Waals surface area contributed by atoms with Crippen molar-refractivity contribution in [1.29, 1.82) is 0 Å². The summed E-state index contributed by atoms with van der Waals surface area (Å²) in [6.45, 7) is 2.18. The highest BCUT2D eigenvalue weighted by molar-refractivity contribution is 7.90. The van der Waals surface area contributed by atoms with Gasteiger partial charge in [0.2, 0.25) is 0 Å². The number of fused-ring (bicyclic) bond motifs is 1. The van der Waals surface area contributed by atoms with Crippen molar-refractivity contribution in [3.8, 4) is 0 Å². The van der Waals surface area contributed by atoms with Gasteiger partial charge in [-0.15, -0.1) is 0 Å². The number of rotatable bonds is 3. The van der Waals surface area contributed by atoms with Crippen LogP contribution in [0.15, 0.2) is 18.2 Å². The standard InChI is InChI=1S/C13H19N3O2S/c17-19(18,16-8-2-1-3-9-16)15-12-4-5-13-11(10-12)6-7-14-13/h4-5,10,14-15H,1-3,6-9H2. The second kappa shape index (κ2) is 5.02. The van der Waals surface area contributed by atoms with Gasteiger partial charge in [0.05, 0.1) is 5.69 Å². The van der Waals surface area contributed by atoms with E-state index in [1.54, 1.807) is 4.31 Å². The van der Waals surface area contributed by atoms with Crippen LogP contribution in [0.4, 0.5) is 11.4 Å². The summed E-state index contributed by atoms with van der Waals surface area (Å²) in [5.41, 5.74) is 2.95. The fraction of sp³-hybridized carbons (Fsp3) is 0.538. The van der Waals surface area contributed by atoms with Gasteiger partial charge in [-0.25, -0.2) is 0 Å². The molecule has 1 saturated heterocycles. The Kier molecular flexibility index (Phi) is 3.36. The fourth-order valence-corrected chi connectivity index (χ4v) is 3.98. The van der Waals surface area contributed by atoms with E-state index in [9.17, 15) is 8.42 Å². The Morgan fingerprint density at radius 2 is 1.95 bits per heavy atom. The maximum absolute atomic E-state index is 12.3. The molecule has 0 aliphatic carbocycles. The van der Waals surface area contributed by atoms with E-state index in [-0.39, 0.29) is 0 Å². The molecule has 3 rings (SSSR count). The van der Waals surface area contributed by atoms with Crippen molar-refractivity contribution in [1.82, 2.24) is 4.31 Å². The van der Waals surface area contributed by atoms with Crippen LogP contribution in [0.3, 0.4) is 0 Å². The van der Waals surface area contributed by atoms with Gasteiger partial charge in [-0.3, -0.25) is 4.72 Å². The highest BCUT2D eigenvalue weighted by atomic mass is 32.2. The summed E-state index contributed by atoms with van der Waals surface area (Å²) in [7, 11) is -3.39. The summed E-state index contributed by atoms with van der Waals surface area (Å²) in [5, 5.41) is 3.27. The van der Waals surface area contributed by atoms with Crippen LogP contribution in [0.25, 0.3) is 0 Å². The molecule has 6 heteroatoms. The van der Waals surface area contributed by atoms with E-state index in [4.69, 9.17) is 0 Å². The van der Waals surface area contributed by atoms with Crippen molar-refractivity contribution >= 4 is 21.6 Å². The Balaban J connectivity index is 1.76. The molecular formula is C13H19N3O2S. The molecule has 0 spiro atoms. The minimum atomic E-state index is -3.39. The normalized spacial score (nSPS) is 19.8. The number of nitrogens with zero attached hydrogens (tertiary/aromatic N) is 1. The second-order valence-corrected chi connectivity index (χ2v) is 6.79. The monoisotopic (exact) mass is 281 g/mol. The predicted octanol–water partition coefficient (Wildman–Crippen LogP) is 1.80. The summed E-state index contributed by atoms with van der Waals surface area (Å²) >= 11 is 0. The second-order valence-electron chi connectivity index (χ2n) is 5.12. The summed E-state index contributed by atoms with van der Waals surface area (Å²) in [6, 6.07) is 5.69. The lowest BCUT2D eigenvalue weighted by molar-refractivity contribution is 0.349. The molecular weight excluding hydrogens is 262 g/mol. The van der Waals surface area contributed by atoms with E-state index in [2.05, 4.69) is 10.0 Å². The van der Waals surface area contributed by atoms with Gasteiger partial charge in [0.25, 0.3) is 0 Å². The SMILES string of the molecule is O=S(=O)(Nc1ccc2c(c1)CCN2)N1CCCCC1. The Morgan fingerprint density at radius 1 is 1.16 bits per heavy atom. The Morgan fingerprint density at radius 3 is 2.74 bits per heavy atom. The van der Waals surface area contributed by atoms with Gasteiger partial charge in [0, 0.05) is 25.3 Å². The van der Waals surface area contributed by atoms with Crippen LogP contribution < -0.4 is 10.0 Å². The van der Waals surface area contributed by atoms with Gasteiger partial charge < -0.3 is 5.32 Å². The van der Waals surface area contributed by atoms with Gasteiger partial charge in [0.15, 0.2) is 0 Å². The zero-order chi connectivity index (χ0) is 13.3. The molecule has 5 nitrogen and oxygen atoms in total. The van der Waals surface area contributed by atoms with Crippen molar-refractivity contribution in [2.45, 2.75) is 25.7 Å². The minimum absolute atomic E-state index is 0.627. The number of benzene rings is 1. The smallest absolute Gasteiger partial charge is 0.301 e. The quantitative estimate of drug-likeness (QED) is 0.888. The van der Waals surface area contributed by atoms with Crippen LogP contribution in [0.2, 0.25) is 0 Å². The Hall–Kier alpha value is -1.27. The molecule has 2 aliphatic rings. The summed E-state index contributed by atoms with van der Waals surface area (Å²) in [6.07, 6.45) is 3.98. The van der Waals surface area contributed by atoms with Crippen molar-refractivity contribution in [2.24, 2.45) is 0 Å². The molecule has 0 unspecified atom stereocenters. The first-order valence-electron chi connectivity index (χ1n) is 6.80. The maximum atomic E-state index is 12.3. The van der Waals surface area contributed by atoms with E-state index in [1.807, 2.05) is 18.2 Å². The molecule has 0 bridgehead atoms. The zero-order valence-electron chi connectivity index (χ0n) is 10.9. The summed E-state index contributed by atoms with van der Waals surface area (Å²) < 4.78 is 28.7. The molecule has 104 valence electrons. The van der Waals surface area contributed by atoms with Gasteiger partial charge in [0.1, 0.15) is 0 Å². The highest BCUT2D eigenvalue weighted by Crippen LogP contribution is 2.26. The number of nitrogens with one attached hydrogen (secondary N) is 2. The Labute approximate surface area is 114 Å². The number of hydrogen-bond acceptors (Lipinski definition) is 3. The zero-order valence-corrected chi connectivity index (χ0v) is 11.7. The molecule has 2 aliphatic heterocycles. The average Bonchev–Trinajstić information content (AvgIpc) is 2.87. The van der Waals surface area contributed by atoms with E-state index in [0.29, 0.717) is 18.8 Å². The third-order valence-electron chi connectivity index (χ3n) is 3.72. The third-order valence-corrected chi connectivity index (χ3v) is 5.26. The first-order chi connectivity index (χ1) is 9.15. The van der Waals surface area contributed by atoms with Crippen LogP contribution >= 0.6 is 0 Å². The van der Waals surface area contributed by atoms with Gasteiger partial charge in [-0.05, 0) is 43.0 Å². The van der Waals surface area contributed by atoms with Gasteiger partial charge >= 0.3 is 10.2 Å². The summed E-state index contributed by atoms with van der Waals surface area (Å²) in [5.74, 6) is 0. The number of anilines is 2. The molecule has 0 amide bonds. The molecule has 0 atom stereocenters. The first-order valence-corrected chi connectivity index (χ1v) is 8.24. The van der Waals surface area contributed by atoms with Crippen LogP contribution in [0.5, 0.6) is 0 Å². The maximum Gasteiger partial charge on any atom is 0.301 e. The lowest BCUT2D eigenvalue weighted by Crippen LogP contribution is -2.39. The molecule has 19 heavy (non-hydrogen) atoms. The topological polar surface area (TPSA) is 61.4 Å². The first kappa shape index (κ1) is 12.7. The van der Waals surface area contributed by atoms with E-state index < -0.39 is 10.2 Å². The van der Waals surface area contributed by atoms with Crippen molar-refractivity contribution in [3.05, 3.63) is 23.8 Å². The van der Waals surface area contributed by atoms with E-state index in [0.717, 1.165) is 37.9 Å². The van der Waals surface area contributed by atoms with Crippen LogP contribution in [-0.4, -0.2) is 32.4 Å². The fourth-order valence-electron chi connectivity index (χ4n) is 2.69. The number of piperidine rings is 1. The predicted molar refractivity (Wildman–Crippen MR) is 76.6 cm³/mol. The Bertz CT molecular complexity index is 565. The third kappa shape index (κ3) is 2.69. The van der Waals surface area contributed by atoms with Crippen molar-refractivity contribution in [2.75, 3.05) is 29.7 Å². The lowest BCUT2D eigenvalue weighted by Gasteiger charge is -2.26. The largest absolute Gasteiger partial charge is 0.384 e. The molecule has 2 heterocycles. The molecule has 0 radical (unpaired) electrons. The minimum Gasteiger partial charge on any atom is -0.384 e. The van der Waals surface area contributed by atoms with E-state index >= 15 is 0 Å².